The number of pyridine rings is 1. The van der Waals surface area contributed by atoms with Gasteiger partial charge in [-0.15, -0.1) is 0 Å². The highest BCUT2D eigenvalue weighted by Gasteiger charge is 2.04. The Balaban J connectivity index is 1.75. The molecule has 0 bridgehead atoms. The molecule has 0 fully saturated rings. The van der Waals surface area contributed by atoms with Crippen LogP contribution in [0.15, 0.2) is 42.7 Å². The molecule has 2 aromatic rings. The van der Waals surface area contributed by atoms with Crippen molar-refractivity contribution in [1.29, 1.82) is 0 Å². The van der Waals surface area contributed by atoms with Crippen LogP contribution in [0.3, 0.4) is 0 Å². The van der Waals surface area contributed by atoms with Crippen molar-refractivity contribution in [3.05, 3.63) is 59.4 Å². The maximum absolute atomic E-state index is 11.8. The van der Waals surface area contributed by atoms with Crippen molar-refractivity contribution in [2.75, 3.05) is 11.9 Å². The van der Waals surface area contributed by atoms with E-state index in [9.17, 15) is 4.79 Å². The third-order valence-electron chi connectivity index (χ3n) is 3.35. The summed E-state index contributed by atoms with van der Waals surface area (Å²) in [4.78, 5) is 15.8. The molecule has 4 heteroatoms. The molecule has 4 nitrogen and oxygen atoms in total. The molecule has 0 saturated carbocycles. The zero-order chi connectivity index (χ0) is 15.1. The number of nitrogens with zero attached hydrogens (tertiary/aromatic N) is 1. The molecule has 0 aliphatic heterocycles. The molecule has 1 amide bonds. The summed E-state index contributed by atoms with van der Waals surface area (Å²) < 4.78 is 0. The van der Waals surface area contributed by atoms with E-state index in [2.05, 4.69) is 41.6 Å². The average molecular weight is 283 g/mol. The third-order valence-corrected chi connectivity index (χ3v) is 3.35. The van der Waals surface area contributed by atoms with Gasteiger partial charge < -0.3 is 10.6 Å². The maximum atomic E-state index is 11.8. The monoisotopic (exact) mass is 283 g/mol. The van der Waals surface area contributed by atoms with Crippen LogP contribution in [0.2, 0.25) is 0 Å². The summed E-state index contributed by atoms with van der Waals surface area (Å²) in [5.41, 5.74) is 4.53. The molecule has 0 atom stereocenters. The maximum Gasteiger partial charge on any atom is 0.222 e. The number of aryl methyl sites for hydroxylation is 2. The Morgan fingerprint density at radius 2 is 1.90 bits per heavy atom. The summed E-state index contributed by atoms with van der Waals surface area (Å²) in [5, 5.41) is 6.23. The van der Waals surface area contributed by atoms with Gasteiger partial charge in [-0.2, -0.15) is 0 Å². The van der Waals surface area contributed by atoms with Gasteiger partial charge in [-0.05, 0) is 36.6 Å². The largest absolute Gasteiger partial charge is 0.384 e. The molecular weight excluding hydrogens is 262 g/mol. The Morgan fingerprint density at radius 1 is 1.14 bits per heavy atom. The molecule has 21 heavy (non-hydrogen) atoms. The van der Waals surface area contributed by atoms with Crippen LogP contribution in [0.5, 0.6) is 0 Å². The quantitative estimate of drug-likeness (QED) is 0.857. The molecule has 0 saturated heterocycles. The molecular formula is C17H21N3O. The minimum atomic E-state index is 0.0394. The van der Waals surface area contributed by atoms with Crippen molar-refractivity contribution in [3.63, 3.8) is 0 Å². The average Bonchev–Trinajstić information content (AvgIpc) is 2.49. The molecule has 0 radical (unpaired) electrons. The molecule has 110 valence electrons. The van der Waals surface area contributed by atoms with Crippen molar-refractivity contribution >= 4 is 11.6 Å². The molecule has 0 aliphatic rings. The summed E-state index contributed by atoms with van der Waals surface area (Å²) in [5.74, 6) is 0.0394. The Hall–Kier alpha value is -2.36. The van der Waals surface area contributed by atoms with Crippen LogP contribution >= 0.6 is 0 Å². The fourth-order valence-electron chi connectivity index (χ4n) is 2.19. The van der Waals surface area contributed by atoms with Gasteiger partial charge in [0.05, 0.1) is 0 Å². The van der Waals surface area contributed by atoms with Gasteiger partial charge in [-0.25, -0.2) is 0 Å². The van der Waals surface area contributed by atoms with Gasteiger partial charge >= 0.3 is 0 Å². The predicted molar refractivity (Wildman–Crippen MR) is 85.1 cm³/mol. The fourth-order valence-corrected chi connectivity index (χ4v) is 2.19. The molecule has 1 aromatic heterocycles. The van der Waals surface area contributed by atoms with Crippen LogP contribution in [0, 0.1) is 13.8 Å². The standard InChI is InChI=1S/C17H21N3O/c1-13-5-3-6-14(2)17(13)19-10-8-16(21)20-12-15-7-4-9-18-11-15/h3-7,9,11,19H,8,10,12H2,1-2H3,(H,20,21). The van der Waals surface area contributed by atoms with E-state index >= 15 is 0 Å². The lowest BCUT2D eigenvalue weighted by molar-refractivity contribution is -0.121. The summed E-state index contributed by atoms with van der Waals surface area (Å²) in [7, 11) is 0. The van der Waals surface area contributed by atoms with Crippen LogP contribution < -0.4 is 10.6 Å². The number of nitrogens with one attached hydrogen (secondary N) is 2. The SMILES string of the molecule is Cc1cccc(C)c1NCCC(=O)NCc1cccnc1. The summed E-state index contributed by atoms with van der Waals surface area (Å²) >= 11 is 0. The Morgan fingerprint density at radius 3 is 2.57 bits per heavy atom. The molecule has 0 aliphatic carbocycles. The fraction of sp³-hybridized carbons (Fsp3) is 0.294. The Bertz CT molecular complexity index is 576. The lowest BCUT2D eigenvalue weighted by Crippen LogP contribution is -2.25. The van der Waals surface area contributed by atoms with Crippen molar-refractivity contribution in [2.45, 2.75) is 26.8 Å². The highest BCUT2D eigenvalue weighted by Crippen LogP contribution is 2.18. The minimum Gasteiger partial charge on any atom is -0.384 e. The van der Waals surface area contributed by atoms with Gasteiger partial charge in [0.2, 0.25) is 5.91 Å². The van der Waals surface area contributed by atoms with E-state index in [1.807, 2.05) is 18.2 Å². The van der Waals surface area contributed by atoms with Gasteiger partial charge in [-0.1, -0.05) is 24.3 Å². The number of hydrogen-bond donors (Lipinski definition) is 2. The second kappa shape index (κ2) is 7.43. The number of amides is 1. The van der Waals surface area contributed by atoms with Crippen LogP contribution in [-0.2, 0) is 11.3 Å². The van der Waals surface area contributed by atoms with Gasteiger partial charge in [0.25, 0.3) is 0 Å². The second-order valence-corrected chi connectivity index (χ2v) is 5.08. The summed E-state index contributed by atoms with van der Waals surface area (Å²) in [6, 6.07) is 9.98. The van der Waals surface area contributed by atoms with E-state index in [1.165, 1.54) is 11.1 Å². The first-order valence-corrected chi connectivity index (χ1v) is 7.12. The topological polar surface area (TPSA) is 54.0 Å². The van der Waals surface area contributed by atoms with E-state index in [1.54, 1.807) is 12.4 Å². The molecule has 1 aromatic carbocycles. The number of anilines is 1. The van der Waals surface area contributed by atoms with Crippen molar-refractivity contribution in [3.8, 4) is 0 Å². The minimum absolute atomic E-state index is 0.0394. The number of hydrogen-bond acceptors (Lipinski definition) is 3. The molecule has 0 unspecified atom stereocenters. The normalized spacial score (nSPS) is 10.2. The first-order valence-electron chi connectivity index (χ1n) is 7.12. The lowest BCUT2D eigenvalue weighted by Gasteiger charge is -2.12. The van der Waals surface area contributed by atoms with Crippen LogP contribution in [0.4, 0.5) is 5.69 Å². The summed E-state index contributed by atoms with van der Waals surface area (Å²) in [6.45, 7) is 5.29. The molecule has 2 rings (SSSR count). The van der Waals surface area contributed by atoms with E-state index in [4.69, 9.17) is 0 Å². The number of carbonyl (C=O) groups is 1. The van der Waals surface area contributed by atoms with E-state index in [-0.39, 0.29) is 5.91 Å². The van der Waals surface area contributed by atoms with Crippen molar-refractivity contribution in [1.82, 2.24) is 10.3 Å². The lowest BCUT2D eigenvalue weighted by atomic mass is 10.1. The Labute approximate surface area is 125 Å². The zero-order valence-corrected chi connectivity index (χ0v) is 12.5. The van der Waals surface area contributed by atoms with E-state index in [0.29, 0.717) is 19.5 Å². The number of rotatable bonds is 6. The van der Waals surface area contributed by atoms with Gasteiger partial charge in [0.1, 0.15) is 0 Å². The van der Waals surface area contributed by atoms with E-state index in [0.717, 1.165) is 11.3 Å². The highest BCUT2D eigenvalue weighted by atomic mass is 16.1. The smallest absolute Gasteiger partial charge is 0.222 e. The third kappa shape index (κ3) is 4.60. The molecule has 1 heterocycles. The molecule has 0 spiro atoms. The summed E-state index contributed by atoms with van der Waals surface area (Å²) in [6.07, 6.45) is 3.93. The van der Waals surface area contributed by atoms with Gasteiger partial charge in [0.15, 0.2) is 0 Å². The zero-order valence-electron chi connectivity index (χ0n) is 12.5. The number of carbonyl (C=O) groups excluding carboxylic acids is 1. The number of aromatic nitrogens is 1. The Kier molecular flexibility index (Phi) is 5.32. The van der Waals surface area contributed by atoms with E-state index < -0.39 is 0 Å². The van der Waals surface area contributed by atoms with Crippen LogP contribution in [0.1, 0.15) is 23.1 Å². The number of para-hydroxylation sites is 1. The van der Waals surface area contributed by atoms with Crippen LogP contribution in [-0.4, -0.2) is 17.4 Å². The first-order chi connectivity index (χ1) is 10.2. The van der Waals surface area contributed by atoms with Gasteiger partial charge in [-0.3, -0.25) is 9.78 Å². The van der Waals surface area contributed by atoms with Crippen molar-refractivity contribution in [2.24, 2.45) is 0 Å². The van der Waals surface area contributed by atoms with Crippen LogP contribution in [0.25, 0.3) is 0 Å². The first kappa shape index (κ1) is 15.0. The van der Waals surface area contributed by atoms with Gasteiger partial charge in [0, 0.05) is 37.6 Å². The highest BCUT2D eigenvalue weighted by molar-refractivity contribution is 5.76. The van der Waals surface area contributed by atoms with Crippen molar-refractivity contribution < 1.29 is 4.79 Å². The molecule has 2 N–H and O–H groups in total. The predicted octanol–water partition coefficient (Wildman–Crippen LogP) is 2.82. The number of benzene rings is 1. The second-order valence-electron chi connectivity index (χ2n) is 5.08.